The minimum atomic E-state index is -3.56. The van der Waals surface area contributed by atoms with E-state index in [0.717, 1.165) is 10.9 Å². The molecular formula is C17H22N2O3S. The fourth-order valence-electron chi connectivity index (χ4n) is 3.19. The molecule has 1 unspecified atom stereocenters. The van der Waals surface area contributed by atoms with Crippen LogP contribution >= 0.6 is 0 Å². The Morgan fingerprint density at radius 1 is 1.30 bits per heavy atom. The molecule has 3 rings (SSSR count). The average Bonchev–Trinajstić information content (AvgIpc) is 2.54. The van der Waals surface area contributed by atoms with Crippen LogP contribution in [0.3, 0.4) is 0 Å². The van der Waals surface area contributed by atoms with Crippen molar-refractivity contribution in [3.8, 4) is 0 Å². The Balaban J connectivity index is 1.95. The summed E-state index contributed by atoms with van der Waals surface area (Å²) in [6, 6.07) is 7.22. The zero-order valence-electron chi connectivity index (χ0n) is 13.4. The van der Waals surface area contributed by atoms with Gasteiger partial charge in [-0.1, -0.05) is 12.1 Å². The summed E-state index contributed by atoms with van der Waals surface area (Å²) >= 11 is 0. The second-order valence-electron chi connectivity index (χ2n) is 6.32. The third-order valence-electron chi connectivity index (χ3n) is 4.61. The van der Waals surface area contributed by atoms with Crippen molar-refractivity contribution >= 4 is 20.9 Å². The molecule has 0 bridgehead atoms. The van der Waals surface area contributed by atoms with Crippen molar-refractivity contribution in [3.05, 3.63) is 36.0 Å². The van der Waals surface area contributed by atoms with Crippen LogP contribution in [0, 0.1) is 12.8 Å². The summed E-state index contributed by atoms with van der Waals surface area (Å²) in [5.74, 6) is 0.176. The van der Waals surface area contributed by atoms with E-state index in [2.05, 4.69) is 4.98 Å². The first-order valence-electron chi connectivity index (χ1n) is 7.93. The van der Waals surface area contributed by atoms with Gasteiger partial charge in [0.05, 0.1) is 11.6 Å². The second-order valence-corrected chi connectivity index (χ2v) is 8.23. The molecule has 1 aromatic carbocycles. The van der Waals surface area contributed by atoms with Crippen LogP contribution in [0.15, 0.2) is 35.4 Å². The molecule has 0 aliphatic carbocycles. The monoisotopic (exact) mass is 334 g/mol. The molecule has 6 heteroatoms. The molecule has 1 atom stereocenters. The van der Waals surface area contributed by atoms with Gasteiger partial charge in [-0.3, -0.25) is 4.98 Å². The number of aliphatic hydroxyl groups excluding tert-OH is 1. The predicted octanol–water partition coefficient (Wildman–Crippen LogP) is 2.32. The van der Waals surface area contributed by atoms with Crippen LogP contribution < -0.4 is 0 Å². The molecule has 1 saturated heterocycles. The lowest BCUT2D eigenvalue weighted by Gasteiger charge is -2.32. The standard InChI is InChI=1S/C17H22N2O3S/c1-12-10-15-4-3-5-16(17(15)18-11-12)23(21,22)19-8-6-14(7-9-19)13(2)20/h3-5,10-11,13-14,20H,6-9H2,1-2H3. The number of piperidine rings is 1. The van der Waals surface area contributed by atoms with Crippen LogP contribution in [0.4, 0.5) is 0 Å². The van der Waals surface area contributed by atoms with Crippen LogP contribution in [-0.4, -0.2) is 42.0 Å². The Labute approximate surface area is 137 Å². The summed E-state index contributed by atoms with van der Waals surface area (Å²) in [4.78, 5) is 4.61. The molecule has 1 aromatic heterocycles. The fraction of sp³-hybridized carbons (Fsp3) is 0.471. The van der Waals surface area contributed by atoms with E-state index in [4.69, 9.17) is 0 Å². The molecule has 1 aliphatic rings. The molecule has 0 spiro atoms. The number of benzene rings is 1. The molecule has 23 heavy (non-hydrogen) atoms. The van der Waals surface area contributed by atoms with Gasteiger partial charge in [0.15, 0.2) is 0 Å². The quantitative estimate of drug-likeness (QED) is 0.935. The average molecular weight is 334 g/mol. The number of fused-ring (bicyclic) bond motifs is 1. The highest BCUT2D eigenvalue weighted by Gasteiger charge is 2.32. The molecule has 1 N–H and O–H groups in total. The molecule has 1 aliphatic heterocycles. The van der Waals surface area contributed by atoms with Crippen LogP contribution in [0.1, 0.15) is 25.3 Å². The Morgan fingerprint density at radius 3 is 2.65 bits per heavy atom. The van der Waals surface area contributed by atoms with Crippen molar-refractivity contribution in [3.63, 3.8) is 0 Å². The van der Waals surface area contributed by atoms with Gasteiger partial charge in [0, 0.05) is 24.7 Å². The number of aromatic nitrogens is 1. The minimum absolute atomic E-state index is 0.176. The van der Waals surface area contributed by atoms with Crippen molar-refractivity contribution < 1.29 is 13.5 Å². The van der Waals surface area contributed by atoms with Gasteiger partial charge in [0.2, 0.25) is 10.0 Å². The normalized spacial score (nSPS) is 19.1. The van der Waals surface area contributed by atoms with Crippen molar-refractivity contribution in [2.75, 3.05) is 13.1 Å². The number of hydrogen-bond donors (Lipinski definition) is 1. The van der Waals surface area contributed by atoms with Crippen LogP contribution in [0.25, 0.3) is 10.9 Å². The summed E-state index contributed by atoms with van der Waals surface area (Å²) in [5, 5.41) is 10.5. The first-order chi connectivity index (χ1) is 10.9. The second kappa shape index (κ2) is 6.19. The third-order valence-corrected chi connectivity index (χ3v) is 6.54. The number of aryl methyl sites for hydroxylation is 1. The number of nitrogens with zero attached hydrogens (tertiary/aromatic N) is 2. The van der Waals surface area contributed by atoms with Crippen LogP contribution in [0.2, 0.25) is 0 Å². The number of aliphatic hydroxyl groups is 1. The van der Waals surface area contributed by atoms with Gasteiger partial charge in [-0.15, -0.1) is 0 Å². The van der Waals surface area contributed by atoms with Gasteiger partial charge in [0.1, 0.15) is 4.90 Å². The summed E-state index contributed by atoms with van der Waals surface area (Å²) < 4.78 is 27.5. The van der Waals surface area contributed by atoms with Gasteiger partial charge in [0.25, 0.3) is 0 Å². The van der Waals surface area contributed by atoms with E-state index in [0.29, 0.717) is 31.4 Å². The van der Waals surface area contributed by atoms with Crippen molar-refractivity contribution in [1.29, 1.82) is 0 Å². The Bertz CT molecular complexity index is 810. The smallest absolute Gasteiger partial charge is 0.245 e. The summed E-state index contributed by atoms with van der Waals surface area (Å²) in [6.45, 7) is 4.60. The highest BCUT2D eigenvalue weighted by molar-refractivity contribution is 7.89. The van der Waals surface area contributed by atoms with E-state index >= 15 is 0 Å². The maximum Gasteiger partial charge on any atom is 0.245 e. The zero-order valence-corrected chi connectivity index (χ0v) is 14.3. The number of hydrogen-bond acceptors (Lipinski definition) is 4. The third kappa shape index (κ3) is 3.11. The molecule has 0 radical (unpaired) electrons. The lowest BCUT2D eigenvalue weighted by molar-refractivity contribution is 0.0912. The number of rotatable bonds is 3. The summed E-state index contributed by atoms with van der Waals surface area (Å²) in [5.41, 5.74) is 1.53. The van der Waals surface area contributed by atoms with Gasteiger partial charge in [-0.25, -0.2) is 8.42 Å². The van der Waals surface area contributed by atoms with Crippen molar-refractivity contribution in [1.82, 2.24) is 9.29 Å². The van der Waals surface area contributed by atoms with E-state index in [-0.39, 0.29) is 16.9 Å². The Morgan fingerprint density at radius 2 is 2.00 bits per heavy atom. The molecule has 0 saturated carbocycles. The number of pyridine rings is 1. The lowest BCUT2D eigenvalue weighted by atomic mass is 9.93. The van der Waals surface area contributed by atoms with Crippen molar-refractivity contribution in [2.24, 2.45) is 5.92 Å². The first kappa shape index (κ1) is 16.4. The van der Waals surface area contributed by atoms with E-state index in [1.807, 2.05) is 19.1 Å². The molecular weight excluding hydrogens is 312 g/mol. The predicted molar refractivity (Wildman–Crippen MR) is 89.6 cm³/mol. The molecule has 1 fully saturated rings. The minimum Gasteiger partial charge on any atom is -0.393 e. The molecule has 2 heterocycles. The number of sulfonamides is 1. The van der Waals surface area contributed by atoms with Gasteiger partial charge < -0.3 is 5.11 Å². The topological polar surface area (TPSA) is 70.5 Å². The van der Waals surface area contributed by atoms with Crippen LogP contribution in [-0.2, 0) is 10.0 Å². The molecule has 124 valence electrons. The highest BCUT2D eigenvalue weighted by atomic mass is 32.2. The summed E-state index contributed by atoms with van der Waals surface area (Å²) in [7, 11) is -3.56. The highest BCUT2D eigenvalue weighted by Crippen LogP contribution is 2.29. The van der Waals surface area contributed by atoms with E-state index in [1.165, 1.54) is 4.31 Å². The lowest BCUT2D eigenvalue weighted by Crippen LogP contribution is -2.40. The van der Waals surface area contributed by atoms with Gasteiger partial charge in [-0.2, -0.15) is 4.31 Å². The van der Waals surface area contributed by atoms with Crippen LogP contribution in [0.5, 0.6) is 0 Å². The number of para-hydroxylation sites is 1. The van der Waals surface area contributed by atoms with E-state index in [9.17, 15) is 13.5 Å². The Kier molecular flexibility index (Phi) is 4.40. The van der Waals surface area contributed by atoms with Gasteiger partial charge in [-0.05, 0) is 50.3 Å². The molecule has 0 amide bonds. The largest absolute Gasteiger partial charge is 0.393 e. The van der Waals surface area contributed by atoms with Crippen molar-refractivity contribution in [2.45, 2.75) is 37.7 Å². The maximum absolute atomic E-state index is 13.0. The Hall–Kier alpha value is -1.50. The maximum atomic E-state index is 13.0. The van der Waals surface area contributed by atoms with E-state index < -0.39 is 10.0 Å². The van der Waals surface area contributed by atoms with E-state index in [1.54, 1.807) is 25.3 Å². The first-order valence-corrected chi connectivity index (χ1v) is 9.37. The molecule has 5 nitrogen and oxygen atoms in total. The SMILES string of the molecule is Cc1cnc2c(S(=O)(=O)N3CCC(C(C)O)CC3)cccc2c1. The summed E-state index contributed by atoms with van der Waals surface area (Å²) in [6.07, 6.45) is 2.69. The fourth-order valence-corrected chi connectivity index (χ4v) is 4.82. The molecule has 2 aromatic rings. The zero-order chi connectivity index (χ0) is 16.6. The van der Waals surface area contributed by atoms with Gasteiger partial charge >= 0.3 is 0 Å².